The topological polar surface area (TPSA) is 64.3 Å². The van der Waals surface area contributed by atoms with Gasteiger partial charge in [0.25, 0.3) is 5.91 Å². The number of amides is 1. The van der Waals surface area contributed by atoms with Crippen molar-refractivity contribution in [1.82, 2.24) is 5.43 Å². The van der Waals surface area contributed by atoms with Gasteiger partial charge in [-0.25, -0.2) is 5.84 Å². The molecule has 1 aromatic rings. The lowest BCUT2D eigenvalue weighted by Crippen LogP contribution is -2.37. The van der Waals surface area contributed by atoms with Gasteiger partial charge in [0.05, 0.1) is 6.61 Å². The zero-order valence-corrected chi connectivity index (χ0v) is 7.69. The standard InChI is InChI=1S/C10H12N2O2/c11-12-10(13)9-8-4-2-1-3-7(8)5-6-14-9/h1-4,9H,5-6,11H2,(H,12,13)/t9-/m1/s1. The van der Waals surface area contributed by atoms with Crippen molar-refractivity contribution in [1.29, 1.82) is 0 Å². The maximum atomic E-state index is 11.4. The van der Waals surface area contributed by atoms with Crippen LogP contribution in [0.2, 0.25) is 0 Å². The molecule has 0 spiro atoms. The molecule has 0 saturated carbocycles. The summed E-state index contributed by atoms with van der Waals surface area (Å²) in [6.07, 6.45) is 0.301. The molecular weight excluding hydrogens is 180 g/mol. The van der Waals surface area contributed by atoms with E-state index in [4.69, 9.17) is 10.6 Å². The van der Waals surface area contributed by atoms with Crippen molar-refractivity contribution in [2.45, 2.75) is 12.5 Å². The van der Waals surface area contributed by atoms with Crippen LogP contribution < -0.4 is 11.3 Å². The van der Waals surface area contributed by atoms with E-state index >= 15 is 0 Å². The van der Waals surface area contributed by atoms with Gasteiger partial charge in [0, 0.05) is 0 Å². The van der Waals surface area contributed by atoms with Crippen molar-refractivity contribution in [2.75, 3.05) is 6.61 Å². The number of benzene rings is 1. The third-order valence-electron chi connectivity index (χ3n) is 2.37. The van der Waals surface area contributed by atoms with Gasteiger partial charge < -0.3 is 4.74 Å². The summed E-state index contributed by atoms with van der Waals surface area (Å²) in [6.45, 7) is 0.565. The zero-order valence-electron chi connectivity index (χ0n) is 7.69. The number of carbonyl (C=O) groups excluding carboxylic acids is 1. The van der Waals surface area contributed by atoms with Crippen LogP contribution in [-0.4, -0.2) is 12.5 Å². The highest BCUT2D eigenvalue weighted by molar-refractivity contribution is 5.82. The molecule has 74 valence electrons. The van der Waals surface area contributed by atoms with Crippen LogP contribution in [-0.2, 0) is 16.0 Å². The van der Waals surface area contributed by atoms with Gasteiger partial charge in [0.2, 0.25) is 0 Å². The first-order valence-corrected chi connectivity index (χ1v) is 4.53. The molecule has 2 rings (SSSR count). The maximum Gasteiger partial charge on any atom is 0.267 e. The van der Waals surface area contributed by atoms with E-state index < -0.39 is 6.10 Å². The largest absolute Gasteiger partial charge is 0.363 e. The van der Waals surface area contributed by atoms with Gasteiger partial charge in [-0.3, -0.25) is 10.2 Å². The number of fused-ring (bicyclic) bond motifs is 1. The molecular formula is C10H12N2O2. The lowest BCUT2D eigenvalue weighted by molar-refractivity contribution is -0.134. The van der Waals surface area contributed by atoms with Crippen molar-refractivity contribution in [3.8, 4) is 0 Å². The van der Waals surface area contributed by atoms with Crippen LogP contribution in [0.4, 0.5) is 0 Å². The average Bonchev–Trinajstić information content (AvgIpc) is 2.27. The molecule has 1 aromatic carbocycles. The highest BCUT2D eigenvalue weighted by atomic mass is 16.5. The number of ether oxygens (including phenoxy) is 1. The summed E-state index contributed by atoms with van der Waals surface area (Å²) in [5.74, 6) is 4.79. The average molecular weight is 192 g/mol. The van der Waals surface area contributed by atoms with Gasteiger partial charge in [0.1, 0.15) is 0 Å². The Morgan fingerprint density at radius 2 is 2.29 bits per heavy atom. The SMILES string of the molecule is NNC(=O)[C@@H]1OCCc2ccccc21. The molecule has 3 N–H and O–H groups in total. The monoisotopic (exact) mass is 192 g/mol. The number of carbonyl (C=O) groups is 1. The first-order valence-electron chi connectivity index (χ1n) is 4.53. The van der Waals surface area contributed by atoms with E-state index in [-0.39, 0.29) is 5.91 Å². The molecule has 0 bridgehead atoms. The van der Waals surface area contributed by atoms with E-state index in [0.29, 0.717) is 6.61 Å². The van der Waals surface area contributed by atoms with E-state index in [2.05, 4.69) is 5.43 Å². The fourth-order valence-corrected chi connectivity index (χ4v) is 1.69. The molecule has 4 nitrogen and oxygen atoms in total. The Morgan fingerprint density at radius 1 is 1.50 bits per heavy atom. The number of nitrogens with two attached hydrogens (primary N) is 1. The number of hydrogen-bond donors (Lipinski definition) is 2. The van der Waals surface area contributed by atoms with Gasteiger partial charge in [-0.2, -0.15) is 0 Å². The molecule has 0 radical (unpaired) electrons. The highest BCUT2D eigenvalue weighted by Crippen LogP contribution is 2.26. The minimum Gasteiger partial charge on any atom is -0.363 e. The summed E-state index contributed by atoms with van der Waals surface area (Å²) in [5, 5.41) is 0. The highest BCUT2D eigenvalue weighted by Gasteiger charge is 2.26. The molecule has 0 unspecified atom stereocenters. The Hall–Kier alpha value is -1.39. The molecule has 1 aliphatic heterocycles. The third-order valence-corrected chi connectivity index (χ3v) is 2.37. The van der Waals surface area contributed by atoms with E-state index in [0.717, 1.165) is 17.5 Å². The minimum atomic E-state index is -0.551. The van der Waals surface area contributed by atoms with Crippen LogP contribution in [0.25, 0.3) is 0 Å². The predicted octanol–water partition coefficient (Wildman–Crippen LogP) is 0.290. The molecule has 1 atom stereocenters. The van der Waals surface area contributed by atoms with E-state index in [1.165, 1.54) is 0 Å². The summed E-state index contributed by atoms with van der Waals surface area (Å²) in [4.78, 5) is 11.4. The quantitative estimate of drug-likeness (QED) is 0.382. The summed E-state index contributed by atoms with van der Waals surface area (Å²) in [7, 11) is 0. The predicted molar refractivity (Wildman–Crippen MR) is 51.2 cm³/mol. The van der Waals surface area contributed by atoms with Gasteiger partial charge >= 0.3 is 0 Å². The van der Waals surface area contributed by atoms with E-state index in [1.54, 1.807) is 0 Å². The van der Waals surface area contributed by atoms with Crippen molar-refractivity contribution in [3.05, 3.63) is 35.4 Å². The van der Waals surface area contributed by atoms with Crippen LogP contribution in [0.15, 0.2) is 24.3 Å². The van der Waals surface area contributed by atoms with Gasteiger partial charge in [-0.15, -0.1) is 0 Å². The smallest absolute Gasteiger partial charge is 0.267 e. The second-order valence-electron chi connectivity index (χ2n) is 3.21. The fraction of sp³-hybridized carbons (Fsp3) is 0.300. The first kappa shape index (κ1) is 9.18. The second-order valence-corrected chi connectivity index (χ2v) is 3.21. The Kier molecular flexibility index (Phi) is 2.47. The maximum absolute atomic E-state index is 11.4. The summed E-state index contributed by atoms with van der Waals surface area (Å²) >= 11 is 0. The lowest BCUT2D eigenvalue weighted by atomic mass is 9.97. The van der Waals surface area contributed by atoms with Crippen LogP contribution in [0, 0.1) is 0 Å². The molecule has 0 saturated heterocycles. The molecule has 1 heterocycles. The van der Waals surface area contributed by atoms with Crippen LogP contribution in [0.1, 0.15) is 17.2 Å². The molecule has 4 heteroatoms. The fourth-order valence-electron chi connectivity index (χ4n) is 1.69. The Bertz CT molecular complexity index is 352. The van der Waals surface area contributed by atoms with Gasteiger partial charge in [-0.1, -0.05) is 24.3 Å². The zero-order chi connectivity index (χ0) is 9.97. The molecule has 0 aliphatic carbocycles. The van der Waals surface area contributed by atoms with E-state index in [9.17, 15) is 4.79 Å². The summed E-state index contributed by atoms with van der Waals surface area (Å²) in [5.41, 5.74) is 4.19. The Labute approximate surface area is 82.0 Å². The van der Waals surface area contributed by atoms with Crippen LogP contribution in [0.5, 0.6) is 0 Å². The number of hydrazine groups is 1. The van der Waals surface area contributed by atoms with Crippen molar-refractivity contribution < 1.29 is 9.53 Å². The Morgan fingerprint density at radius 3 is 3.07 bits per heavy atom. The second kappa shape index (κ2) is 3.77. The lowest BCUT2D eigenvalue weighted by Gasteiger charge is -2.24. The van der Waals surface area contributed by atoms with Gasteiger partial charge in [-0.05, 0) is 17.5 Å². The van der Waals surface area contributed by atoms with Crippen molar-refractivity contribution in [3.63, 3.8) is 0 Å². The molecule has 14 heavy (non-hydrogen) atoms. The number of hydrogen-bond acceptors (Lipinski definition) is 3. The summed E-state index contributed by atoms with van der Waals surface area (Å²) < 4.78 is 5.37. The molecule has 0 aromatic heterocycles. The van der Waals surface area contributed by atoms with Crippen LogP contribution >= 0.6 is 0 Å². The third kappa shape index (κ3) is 1.49. The van der Waals surface area contributed by atoms with Crippen molar-refractivity contribution >= 4 is 5.91 Å². The molecule has 0 fully saturated rings. The number of nitrogens with one attached hydrogen (secondary N) is 1. The first-order chi connectivity index (χ1) is 6.83. The molecule has 1 amide bonds. The van der Waals surface area contributed by atoms with Crippen LogP contribution in [0.3, 0.4) is 0 Å². The normalized spacial score (nSPS) is 19.9. The van der Waals surface area contributed by atoms with Crippen molar-refractivity contribution in [2.24, 2.45) is 5.84 Å². The Balaban J connectivity index is 2.35. The van der Waals surface area contributed by atoms with Gasteiger partial charge in [0.15, 0.2) is 6.10 Å². The minimum absolute atomic E-state index is 0.294. The molecule has 1 aliphatic rings. The van der Waals surface area contributed by atoms with E-state index in [1.807, 2.05) is 24.3 Å². The number of rotatable bonds is 1. The summed E-state index contributed by atoms with van der Waals surface area (Å²) in [6, 6.07) is 7.76.